The van der Waals surface area contributed by atoms with E-state index in [1.807, 2.05) is 6.92 Å². The second-order valence-corrected chi connectivity index (χ2v) is 5.10. The Balaban J connectivity index is 2.19. The van der Waals surface area contributed by atoms with Gasteiger partial charge in [0.15, 0.2) is 0 Å². The fourth-order valence-corrected chi connectivity index (χ4v) is 1.69. The van der Waals surface area contributed by atoms with Crippen molar-refractivity contribution in [1.29, 1.82) is 0 Å². The Morgan fingerprint density at radius 2 is 2.00 bits per heavy atom. The summed E-state index contributed by atoms with van der Waals surface area (Å²) >= 11 is 0. The van der Waals surface area contributed by atoms with E-state index in [1.165, 1.54) is 0 Å². The Hall–Kier alpha value is -0.840. The number of hydrogen-bond acceptors (Lipinski definition) is 4. The summed E-state index contributed by atoms with van der Waals surface area (Å²) < 4.78 is 16.7. The van der Waals surface area contributed by atoms with Gasteiger partial charge in [0.05, 0.1) is 26.4 Å². The highest BCUT2D eigenvalue weighted by Gasteiger charge is 2.07. The van der Waals surface area contributed by atoms with Crippen molar-refractivity contribution in [1.82, 2.24) is 5.32 Å². The molecule has 1 aromatic rings. The fraction of sp³-hybridized carbons (Fsp3) is 0.733. The smallest absolute Gasteiger partial charge is 0.118 e. The maximum Gasteiger partial charge on any atom is 0.118 e. The van der Waals surface area contributed by atoms with E-state index in [0.717, 1.165) is 36.8 Å². The van der Waals surface area contributed by atoms with Crippen LogP contribution in [0.15, 0.2) is 10.5 Å². The van der Waals surface area contributed by atoms with Gasteiger partial charge in [-0.25, -0.2) is 0 Å². The van der Waals surface area contributed by atoms with E-state index in [0.29, 0.717) is 25.7 Å². The highest BCUT2D eigenvalue weighted by molar-refractivity contribution is 5.19. The number of hydrogen-bond donors (Lipinski definition) is 1. The molecule has 0 spiro atoms. The van der Waals surface area contributed by atoms with Crippen LogP contribution >= 0.6 is 0 Å². The average molecular weight is 269 g/mol. The predicted molar refractivity (Wildman–Crippen MR) is 76.1 cm³/mol. The predicted octanol–water partition coefficient (Wildman–Crippen LogP) is 2.89. The van der Waals surface area contributed by atoms with E-state index < -0.39 is 0 Å². The van der Waals surface area contributed by atoms with Crippen LogP contribution in [0.2, 0.25) is 0 Å². The summed E-state index contributed by atoms with van der Waals surface area (Å²) in [6.45, 7) is 12.7. The summed E-state index contributed by atoms with van der Waals surface area (Å²) in [4.78, 5) is 0. The molecule has 4 heteroatoms. The van der Waals surface area contributed by atoms with Crippen molar-refractivity contribution in [3.05, 3.63) is 23.2 Å². The summed E-state index contributed by atoms with van der Waals surface area (Å²) in [5.41, 5.74) is 1.12. The second kappa shape index (κ2) is 9.13. The fourth-order valence-electron chi connectivity index (χ4n) is 1.69. The van der Waals surface area contributed by atoms with Crippen molar-refractivity contribution in [2.45, 2.75) is 40.8 Å². The molecule has 1 N–H and O–H groups in total. The monoisotopic (exact) mass is 269 g/mol. The molecule has 0 unspecified atom stereocenters. The number of furan rings is 1. The van der Waals surface area contributed by atoms with Crippen LogP contribution in [0.25, 0.3) is 0 Å². The molecule has 0 saturated heterocycles. The zero-order valence-corrected chi connectivity index (χ0v) is 12.6. The molecule has 4 nitrogen and oxygen atoms in total. The normalized spacial score (nSPS) is 11.4. The molecule has 110 valence electrons. The van der Waals surface area contributed by atoms with Gasteiger partial charge in [0.1, 0.15) is 11.5 Å². The molecule has 19 heavy (non-hydrogen) atoms. The van der Waals surface area contributed by atoms with Crippen LogP contribution in [0.4, 0.5) is 0 Å². The standard InChI is InChI=1S/C15H27NO3/c1-5-16-9-15-8-14(13(4)19-15)11-18-7-6-17-10-12(2)3/h8,12,16H,5-7,9-11H2,1-4H3. The molecule has 0 saturated carbocycles. The van der Waals surface area contributed by atoms with E-state index in [1.54, 1.807) is 0 Å². The molecule has 0 aliphatic rings. The van der Waals surface area contributed by atoms with E-state index in [-0.39, 0.29) is 0 Å². The molecular formula is C15H27NO3. The van der Waals surface area contributed by atoms with Gasteiger partial charge in [0.2, 0.25) is 0 Å². The van der Waals surface area contributed by atoms with Crippen molar-refractivity contribution in [3.8, 4) is 0 Å². The third-order valence-electron chi connectivity index (χ3n) is 2.70. The minimum absolute atomic E-state index is 0.574. The Kier molecular flexibility index (Phi) is 7.79. The molecular weight excluding hydrogens is 242 g/mol. The van der Waals surface area contributed by atoms with E-state index in [4.69, 9.17) is 13.9 Å². The molecule has 0 bridgehead atoms. The highest BCUT2D eigenvalue weighted by atomic mass is 16.5. The molecule has 0 atom stereocenters. The first kappa shape index (κ1) is 16.2. The number of nitrogens with one attached hydrogen (secondary N) is 1. The van der Waals surface area contributed by atoms with Crippen LogP contribution in [0.5, 0.6) is 0 Å². The summed E-state index contributed by atoms with van der Waals surface area (Å²) in [7, 11) is 0. The van der Waals surface area contributed by atoms with Gasteiger partial charge in [-0.3, -0.25) is 0 Å². The van der Waals surface area contributed by atoms with Gasteiger partial charge in [0.25, 0.3) is 0 Å². The topological polar surface area (TPSA) is 43.6 Å². The van der Waals surface area contributed by atoms with Crippen LogP contribution in [0.3, 0.4) is 0 Å². The average Bonchev–Trinajstić information content (AvgIpc) is 2.71. The number of ether oxygens (including phenoxy) is 2. The van der Waals surface area contributed by atoms with E-state index >= 15 is 0 Å². The quantitative estimate of drug-likeness (QED) is 0.663. The van der Waals surface area contributed by atoms with Gasteiger partial charge < -0.3 is 19.2 Å². The third-order valence-corrected chi connectivity index (χ3v) is 2.70. The van der Waals surface area contributed by atoms with Crippen molar-refractivity contribution in [2.75, 3.05) is 26.4 Å². The lowest BCUT2D eigenvalue weighted by Gasteiger charge is -2.07. The molecule has 0 aliphatic heterocycles. The minimum atomic E-state index is 0.574. The van der Waals surface area contributed by atoms with Crippen molar-refractivity contribution in [3.63, 3.8) is 0 Å². The molecule has 1 rings (SSSR count). The Morgan fingerprint density at radius 3 is 2.68 bits per heavy atom. The molecule has 1 heterocycles. The maximum atomic E-state index is 5.65. The molecule has 0 fully saturated rings. The van der Waals surface area contributed by atoms with Crippen LogP contribution in [0, 0.1) is 12.8 Å². The third kappa shape index (κ3) is 6.76. The van der Waals surface area contributed by atoms with Gasteiger partial charge in [-0.05, 0) is 25.5 Å². The number of rotatable bonds is 10. The van der Waals surface area contributed by atoms with E-state index in [2.05, 4.69) is 32.2 Å². The second-order valence-electron chi connectivity index (χ2n) is 5.10. The van der Waals surface area contributed by atoms with Gasteiger partial charge >= 0.3 is 0 Å². The Morgan fingerprint density at radius 1 is 1.26 bits per heavy atom. The summed E-state index contributed by atoms with van der Waals surface area (Å²) in [5, 5.41) is 3.25. The van der Waals surface area contributed by atoms with Gasteiger partial charge in [-0.1, -0.05) is 20.8 Å². The zero-order chi connectivity index (χ0) is 14.1. The van der Waals surface area contributed by atoms with Crippen LogP contribution in [-0.4, -0.2) is 26.4 Å². The van der Waals surface area contributed by atoms with E-state index in [9.17, 15) is 0 Å². The summed E-state index contributed by atoms with van der Waals surface area (Å²) in [5.74, 6) is 2.48. The Labute approximate surface area is 116 Å². The first-order valence-corrected chi connectivity index (χ1v) is 7.07. The summed E-state index contributed by atoms with van der Waals surface area (Å²) in [6, 6.07) is 2.06. The van der Waals surface area contributed by atoms with Gasteiger partial charge in [0, 0.05) is 12.2 Å². The first-order chi connectivity index (χ1) is 9.13. The molecule has 0 radical (unpaired) electrons. The molecule has 0 aliphatic carbocycles. The lowest BCUT2D eigenvalue weighted by Crippen LogP contribution is -2.10. The van der Waals surface area contributed by atoms with Crippen molar-refractivity contribution < 1.29 is 13.9 Å². The maximum absolute atomic E-state index is 5.65. The minimum Gasteiger partial charge on any atom is -0.465 e. The lowest BCUT2D eigenvalue weighted by molar-refractivity contribution is 0.0311. The molecule has 0 amide bonds. The highest BCUT2D eigenvalue weighted by Crippen LogP contribution is 2.15. The van der Waals surface area contributed by atoms with Gasteiger partial charge in [-0.15, -0.1) is 0 Å². The van der Waals surface area contributed by atoms with Crippen molar-refractivity contribution in [2.24, 2.45) is 5.92 Å². The largest absolute Gasteiger partial charge is 0.465 e. The Bertz CT molecular complexity index is 347. The van der Waals surface area contributed by atoms with Gasteiger partial charge in [-0.2, -0.15) is 0 Å². The van der Waals surface area contributed by atoms with Crippen LogP contribution in [0.1, 0.15) is 37.9 Å². The molecule has 1 aromatic heterocycles. The lowest BCUT2D eigenvalue weighted by atomic mass is 10.2. The SMILES string of the molecule is CCNCc1cc(COCCOCC(C)C)c(C)o1. The molecule has 0 aromatic carbocycles. The number of aryl methyl sites for hydroxylation is 1. The first-order valence-electron chi connectivity index (χ1n) is 7.07. The van der Waals surface area contributed by atoms with Crippen molar-refractivity contribution >= 4 is 0 Å². The summed E-state index contributed by atoms with van der Waals surface area (Å²) in [6.07, 6.45) is 0. The van der Waals surface area contributed by atoms with Crippen LogP contribution < -0.4 is 5.32 Å². The zero-order valence-electron chi connectivity index (χ0n) is 12.6. The van der Waals surface area contributed by atoms with Crippen LogP contribution in [-0.2, 0) is 22.6 Å².